The highest BCUT2D eigenvalue weighted by Gasteiger charge is 2.22. The van der Waals surface area contributed by atoms with Crippen LogP contribution in [0.4, 0.5) is 17.5 Å². The van der Waals surface area contributed by atoms with Gasteiger partial charge in [-0.2, -0.15) is 4.98 Å². The molecule has 1 aromatic heterocycles. The molecule has 1 aliphatic rings. The molecule has 27 heavy (non-hydrogen) atoms. The molecule has 1 unspecified atom stereocenters. The van der Waals surface area contributed by atoms with Crippen molar-refractivity contribution in [1.82, 2.24) is 9.97 Å². The Morgan fingerprint density at radius 3 is 2.78 bits per heavy atom. The summed E-state index contributed by atoms with van der Waals surface area (Å²) >= 11 is 0. The third kappa shape index (κ3) is 3.87. The van der Waals surface area contributed by atoms with Crippen LogP contribution in [0.5, 0.6) is 5.75 Å². The lowest BCUT2D eigenvalue weighted by Crippen LogP contribution is -2.44. The minimum atomic E-state index is -0.146. The molecule has 1 aromatic carbocycles. The summed E-state index contributed by atoms with van der Waals surface area (Å²) in [6.07, 6.45) is 0. The molecule has 0 bridgehead atoms. The van der Waals surface area contributed by atoms with E-state index >= 15 is 0 Å². The lowest BCUT2D eigenvalue weighted by atomic mass is 10.0. The highest BCUT2D eigenvalue weighted by Crippen LogP contribution is 2.33. The lowest BCUT2D eigenvalue weighted by molar-refractivity contribution is 0.0985. The number of nitrogen functional groups attached to an aromatic ring is 3. The molecule has 1 atom stereocenters. The van der Waals surface area contributed by atoms with E-state index in [1.54, 1.807) is 12.1 Å². The van der Waals surface area contributed by atoms with Crippen molar-refractivity contribution < 1.29 is 9.47 Å². The number of benzene rings is 1. The zero-order valence-corrected chi connectivity index (χ0v) is 15.5. The van der Waals surface area contributed by atoms with Crippen molar-refractivity contribution in [2.45, 2.75) is 19.9 Å². The van der Waals surface area contributed by atoms with Crippen LogP contribution >= 0.6 is 0 Å². The van der Waals surface area contributed by atoms with Crippen LogP contribution in [-0.2, 0) is 4.74 Å². The molecule has 1 saturated heterocycles. The maximum Gasteiger partial charge on any atom is 0.222 e. The second kappa shape index (κ2) is 7.67. The van der Waals surface area contributed by atoms with Crippen molar-refractivity contribution >= 4 is 23.3 Å². The Hall–Kier alpha value is -3.07. The first-order valence-corrected chi connectivity index (χ1v) is 8.80. The molecule has 2 aromatic rings. The van der Waals surface area contributed by atoms with Gasteiger partial charge in [0.1, 0.15) is 17.4 Å². The van der Waals surface area contributed by atoms with E-state index in [9.17, 15) is 0 Å². The topological polar surface area (TPSA) is 149 Å². The number of ether oxygens (including phenoxy) is 2. The minimum absolute atomic E-state index is 0.146. The van der Waals surface area contributed by atoms with Crippen molar-refractivity contribution in [3.8, 4) is 17.0 Å². The van der Waals surface area contributed by atoms with Gasteiger partial charge >= 0.3 is 0 Å². The summed E-state index contributed by atoms with van der Waals surface area (Å²) in [6.45, 7) is 6.35. The number of morpholine rings is 1. The molecule has 3 rings (SSSR count). The summed E-state index contributed by atoms with van der Waals surface area (Å²) in [6, 6.07) is 5.54. The van der Waals surface area contributed by atoms with Crippen molar-refractivity contribution in [2.75, 3.05) is 42.7 Å². The molecule has 0 aliphatic carbocycles. The third-order valence-corrected chi connectivity index (χ3v) is 4.39. The maximum atomic E-state index is 7.75. The van der Waals surface area contributed by atoms with E-state index in [1.807, 2.05) is 13.0 Å². The fraction of sp³-hybridized carbons (Fsp3) is 0.389. The number of hydrogen-bond donors (Lipinski definition) is 4. The Kier molecular flexibility index (Phi) is 5.31. The van der Waals surface area contributed by atoms with Crippen LogP contribution < -0.4 is 26.8 Å². The molecule has 1 fully saturated rings. The number of amidine groups is 1. The first-order chi connectivity index (χ1) is 12.9. The quantitative estimate of drug-likeness (QED) is 0.348. The summed E-state index contributed by atoms with van der Waals surface area (Å²) in [5.74, 6) is 1.21. The van der Waals surface area contributed by atoms with Gasteiger partial charge in [0, 0.05) is 23.9 Å². The third-order valence-electron chi connectivity index (χ3n) is 4.39. The number of anilines is 3. The largest absolute Gasteiger partial charge is 0.493 e. The zero-order chi connectivity index (χ0) is 19.6. The van der Waals surface area contributed by atoms with Crippen molar-refractivity contribution in [2.24, 2.45) is 5.73 Å². The molecule has 144 valence electrons. The highest BCUT2D eigenvalue weighted by atomic mass is 16.5. The number of aromatic nitrogens is 2. The Balaban J connectivity index is 2.07. The van der Waals surface area contributed by atoms with Crippen LogP contribution in [0.1, 0.15) is 19.4 Å². The van der Waals surface area contributed by atoms with E-state index in [1.165, 1.54) is 0 Å². The molecule has 9 nitrogen and oxygen atoms in total. The first-order valence-electron chi connectivity index (χ1n) is 8.80. The van der Waals surface area contributed by atoms with E-state index in [0.29, 0.717) is 42.5 Å². The predicted octanol–water partition coefficient (Wildman–Crippen LogP) is 1.22. The van der Waals surface area contributed by atoms with Gasteiger partial charge in [0.2, 0.25) is 5.95 Å². The monoisotopic (exact) mass is 371 g/mol. The fourth-order valence-electron chi connectivity index (χ4n) is 3.16. The average molecular weight is 371 g/mol. The second-order valence-corrected chi connectivity index (χ2v) is 6.37. The van der Waals surface area contributed by atoms with E-state index in [0.717, 1.165) is 17.9 Å². The number of rotatable bonds is 5. The van der Waals surface area contributed by atoms with E-state index < -0.39 is 0 Å². The van der Waals surface area contributed by atoms with Gasteiger partial charge in [-0.25, -0.2) is 4.98 Å². The van der Waals surface area contributed by atoms with Gasteiger partial charge in [0.25, 0.3) is 0 Å². The number of nitrogens with two attached hydrogens (primary N) is 3. The Morgan fingerprint density at radius 2 is 2.11 bits per heavy atom. The first kappa shape index (κ1) is 18.7. The molecule has 7 N–H and O–H groups in total. The van der Waals surface area contributed by atoms with Crippen LogP contribution in [0, 0.1) is 5.41 Å². The average Bonchev–Trinajstić information content (AvgIpc) is 2.61. The fourth-order valence-corrected chi connectivity index (χ4v) is 3.16. The maximum absolute atomic E-state index is 7.75. The van der Waals surface area contributed by atoms with E-state index in [-0.39, 0.29) is 17.8 Å². The number of nitrogens with one attached hydrogen (secondary N) is 1. The van der Waals surface area contributed by atoms with Crippen molar-refractivity contribution in [3.05, 3.63) is 23.8 Å². The summed E-state index contributed by atoms with van der Waals surface area (Å²) < 4.78 is 11.1. The number of nitrogens with zero attached hydrogens (tertiary/aromatic N) is 3. The molecule has 1 aliphatic heterocycles. The van der Waals surface area contributed by atoms with Crippen LogP contribution in [0.25, 0.3) is 11.3 Å². The minimum Gasteiger partial charge on any atom is -0.493 e. The smallest absolute Gasteiger partial charge is 0.222 e. The zero-order valence-electron chi connectivity index (χ0n) is 15.5. The number of hydrogen-bond acceptors (Lipinski definition) is 8. The molecular weight excluding hydrogens is 346 g/mol. The van der Waals surface area contributed by atoms with Gasteiger partial charge in [-0.3, -0.25) is 5.41 Å². The normalized spacial score (nSPS) is 17.0. The highest BCUT2D eigenvalue weighted by molar-refractivity contribution is 6.03. The second-order valence-electron chi connectivity index (χ2n) is 6.37. The van der Waals surface area contributed by atoms with Gasteiger partial charge in [0.15, 0.2) is 0 Å². The predicted molar refractivity (Wildman–Crippen MR) is 106 cm³/mol. The standard InChI is InChI=1S/C18H25N7O2/c1-3-27-14-7-11(6-12(19)16(14)17(20)21)13-8-15(24-18(22)23-13)25-4-5-26-9-10(25)2/h6-8,10H,3-5,9,19H2,1-2H3,(H3,20,21)(H2,22,23,24). The van der Waals surface area contributed by atoms with Gasteiger partial charge in [0.05, 0.1) is 37.1 Å². The summed E-state index contributed by atoms with van der Waals surface area (Å²) in [5, 5.41) is 7.75. The summed E-state index contributed by atoms with van der Waals surface area (Å²) in [5.41, 5.74) is 19.8. The lowest BCUT2D eigenvalue weighted by Gasteiger charge is -2.34. The van der Waals surface area contributed by atoms with Gasteiger partial charge in [-0.05, 0) is 26.0 Å². The molecule has 0 saturated carbocycles. The van der Waals surface area contributed by atoms with Crippen LogP contribution in [-0.4, -0.2) is 48.2 Å². The van der Waals surface area contributed by atoms with E-state index in [4.69, 9.17) is 32.1 Å². The van der Waals surface area contributed by atoms with Gasteiger partial charge < -0.3 is 31.6 Å². The van der Waals surface area contributed by atoms with Gasteiger partial charge in [-0.15, -0.1) is 0 Å². The molecular formula is C18H25N7O2. The summed E-state index contributed by atoms with van der Waals surface area (Å²) in [4.78, 5) is 10.9. The Morgan fingerprint density at radius 1 is 1.33 bits per heavy atom. The molecule has 0 amide bonds. The van der Waals surface area contributed by atoms with Crippen molar-refractivity contribution in [1.29, 1.82) is 5.41 Å². The van der Waals surface area contributed by atoms with Crippen LogP contribution in [0.3, 0.4) is 0 Å². The Bertz CT molecular complexity index is 856. The molecule has 9 heteroatoms. The summed E-state index contributed by atoms with van der Waals surface area (Å²) in [7, 11) is 0. The van der Waals surface area contributed by atoms with E-state index in [2.05, 4.69) is 21.8 Å². The van der Waals surface area contributed by atoms with Crippen LogP contribution in [0.2, 0.25) is 0 Å². The molecule has 0 spiro atoms. The Labute approximate surface area is 158 Å². The molecule has 0 radical (unpaired) electrons. The SMILES string of the molecule is CCOc1cc(-c2cc(N3CCOCC3C)nc(N)n2)cc(N)c1C(=N)N. The van der Waals surface area contributed by atoms with Crippen LogP contribution in [0.15, 0.2) is 18.2 Å². The van der Waals surface area contributed by atoms with Gasteiger partial charge in [-0.1, -0.05) is 0 Å². The van der Waals surface area contributed by atoms with Crippen molar-refractivity contribution in [3.63, 3.8) is 0 Å². The molecule has 2 heterocycles.